The van der Waals surface area contributed by atoms with E-state index in [4.69, 9.17) is 10.5 Å². The summed E-state index contributed by atoms with van der Waals surface area (Å²) in [5.74, 6) is 0.844. The van der Waals surface area contributed by atoms with Crippen LogP contribution in [0.5, 0.6) is 5.75 Å². The third-order valence-corrected chi connectivity index (χ3v) is 2.58. The van der Waals surface area contributed by atoms with E-state index >= 15 is 0 Å². The minimum Gasteiger partial charge on any atom is -0.492 e. The average Bonchev–Trinajstić information content (AvgIpc) is 2.27. The van der Waals surface area contributed by atoms with Crippen LogP contribution in [-0.4, -0.2) is 42.4 Å². The van der Waals surface area contributed by atoms with Crippen molar-refractivity contribution in [2.45, 2.75) is 26.0 Å². The molecule has 0 saturated carbocycles. The highest BCUT2D eigenvalue weighted by molar-refractivity contribution is 5.32. The highest BCUT2D eigenvalue weighted by Crippen LogP contribution is 2.16. The van der Waals surface area contributed by atoms with Crippen LogP contribution in [0, 0.1) is 0 Å². The van der Waals surface area contributed by atoms with Gasteiger partial charge in [-0.25, -0.2) is 0 Å². The molecular weight excluding hydrogens is 228 g/mol. The van der Waals surface area contributed by atoms with Gasteiger partial charge in [0.2, 0.25) is 0 Å². The highest BCUT2D eigenvalue weighted by atomic mass is 16.5. The summed E-state index contributed by atoms with van der Waals surface area (Å²) in [6, 6.07) is 7.79. The minimum absolute atomic E-state index is 0.482. The number of nitrogens with zero attached hydrogens (tertiary/aromatic N) is 1. The van der Waals surface area contributed by atoms with Crippen LogP contribution in [0.4, 0.5) is 0 Å². The van der Waals surface area contributed by atoms with Crippen molar-refractivity contribution in [3.05, 3.63) is 29.8 Å². The molecule has 0 radical (unpaired) electrons. The summed E-state index contributed by atoms with van der Waals surface area (Å²) < 4.78 is 5.71. The molecule has 0 bridgehead atoms. The first kappa shape index (κ1) is 15.0. The summed E-state index contributed by atoms with van der Waals surface area (Å²) in [7, 11) is 1.97. The third-order valence-electron chi connectivity index (χ3n) is 2.58. The molecule has 4 heteroatoms. The van der Waals surface area contributed by atoms with Crippen LogP contribution < -0.4 is 10.5 Å². The van der Waals surface area contributed by atoms with Gasteiger partial charge in [-0.3, -0.25) is 0 Å². The number of benzene rings is 1. The van der Waals surface area contributed by atoms with Crippen LogP contribution >= 0.6 is 0 Å². The highest BCUT2D eigenvalue weighted by Gasteiger charge is 2.15. The largest absolute Gasteiger partial charge is 0.492 e. The quantitative estimate of drug-likeness (QED) is 0.766. The molecule has 3 N–H and O–H groups in total. The Balaban J connectivity index is 2.37. The van der Waals surface area contributed by atoms with Gasteiger partial charge in [-0.1, -0.05) is 18.2 Å². The van der Waals surface area contributed by atoms with Gasteiger partial charge in [-0.05, 0) is 27.0 Å². The molecule has 1 aromatic rings. The van der Waals surface area contributed by atoms with E-state index in [9.17, 15) is 5.11 Å². The van der Waals surface area contributed by atoms with Crippen molar-refractivity contribution < 1.29 is 9.84 Å². The van der Waals surface area contributed by atoms with Gasteiger partial charge in [0.1, 0.15) is 12.4 Å². The maximum absolute atomic E-state index is 9.69. The first-order valence-corrected chi connectivity index (χ1v) is 6.24. The lowest BCUT2D eigenvalue weighted by Gasteiger charge is -2.25. The van der Waals surface area contributed by atoms with Crippen molar-refractivity contribution in [1.29, 1.82) is 0 Å². The molecule has 0 atom stereocenters. The monoisotopic (exact) mass is 252 g/mol. The van der Waals surface area contributed by atoms with Crippen molar-refractivity contribution in [3.63, 3.8) is 0 Å². The Bertz CT molecular complexity index is 361. The Hall–Kier alpha value is -1.10. The fraction of sp³-hybridized carbons (Fsp3) is 0.571. The zero-order chi connectivity index (χ0) is 13.6. The standard InChI is InChI=1S/C14H24N2O2/c1-14(2,17)11-16(3)8-9-18-13-7-5-4-6-12(13)10-15/h4-7,17H,8-11,15H2,1-3H3. The Morgan fingerprint density at radius 1 is 1.33 bits per heavy atom. The molecule has 0 unspecified atom stereocenters. The molecular formula is C14H24N2O2. The molecule has 0 saturated heterocycles. The fourth-order valence-corrected chi connectivity index (χ4v) is 1.86. The third kappa shape index (κ3) is 5.49. The van der Waals surface area contributed by atoms with E-state index in [1.54, 1.807) is 13.8 Å². The maximum Gasteiger partial charge on any atom is 0.123 e. The van der Waals surface area contributed by atoms with E-state index in [1.165, 1.54) is 0 Å². The van der Waals surface area contributed by atoms with Gasteiger partial charge in [-0.15, -0.1) is 0 Å². The molecule has 0 spiro atoms. The van der Waals surface area contributed by atoms with Crippen molar-refractivity contribution in [2.75, 3.05) is 26.7 Å². The number of hydrogen-bond acceptors (Lipinski definition) is 4. The van der Waals surface area contributed by atoms with Crippen molar-refractivity contribution in [2.24, 2.45) is 5.73 Å². The topological polar surface area (TPSA) is 58.7 Å². The van der Waals surface area contributed by atoms with E-state index in [2.05, 4.69) is 0 Å². The van der Waals surface area contributed by atoms with Crippen molar-refractivity contribution in [3.8, 4) is 5.75 Å². The summed E-state index contributed by atoms with van der Waals surface area (Å²) >= 11 is 0. The van der Waals surface area contributed by atoms with Gasteiger partial charge in [0, 0.05) is 25.2 Å². The van der Waals surface area contributed by atoms with Gasteiger partial charge in [0.15, 0.2) is 0 Å². The minimum atomic E-state index is -0.677. The molecule has 4 nitrogen and oxygen atoms in total. The lowest BCUT2D eigenvalue weighted by atomic mass is 10.1. The molecule has 18 heavy (non-hydrogen) atoms. The fourth-order valence-electron chi connectivity index (χ4n) is 1.86. The van der Waals surface area contributed by atoms with Crippen LogP contribution in [0.3, 0.4) is 0 Å². The van der Waals surface area contributed by atoms with Gasteiger partial charge in [-0.2, -0.15) is 0 Å². The van der Waals surface area contributed by atoms with Crippen LogP contribution in [0.2, 0.25) is 0 Å². The lowest BCUT2D eigenvalue weighted by Crippen LogP contribution is -2.38. The van der Waals surface area contributed by atoms with Crippen LogP contribution in [-0.2, 0) is 6.54 Å². The number of ether oxygens (including phenoxy) is 1. The molecule has 1 aromatic carbocycles. The second-order valence-corrected chi connectivity index (χ2v) is 5.21. The smallest absolute Gasteiger partial charge is 0.123 e. The van der Waals surface area contributed by atoms with E-state index in [0.29, 0.717) is 19.7 Å². The molecule has 0 fully saturated rings. The summed E-state index contributed by atoms with van der Waals surface area (Å²) in [5.41, 5.74) is 5.98. The molecule has 0 aromatic heterocycles. The molecule has 102 valence electrons. The lowest BCUT2D eigenvalue weighted by molar-refractivity contribution is 0.0411. The summed E-state index contributed by atoms with van der Waals surface area (Å²) in [5, 5.41) is 9.69. The van der Waals surface area contributed by atoms with Crippen LogP contribution in [0.25, 0.3) is 0 Å². The number of aliphatic hydroxyl groups is 1. The summed E-state index contributed by atoms with van der Waals surface area (Å²) in [6.45, 7) is 6.05. The number of para-hydroxylation sites is 1. The number of nitrogens with two attached hydrogens (primary N) is 1. The number of rotatable bonds is 7. The molecule has 0 aliphatic rings. The first-order valence-electron chi connectivity index (χ1n) is 6.24. The molecule has 0 aliphatic heterocycles. The molecule has 0 heterocycles. The van der Waals surface area contributed by atoms with Gasteiger partial charge in [0.25, 0.3) is 0 Å². The van der Waals surface area contributed by atoms with Crippen LogP contribution in [0.15, 0.2) is 24.3 Å². The Kier molecular flexibility index (Phi) is 5.59. The van der Waals surface area contributed by atoms with E-state index in [-0.39, 0.29) is 0 Å². The van der Waals surface area contributed by atoms with E-state index in [1.807, 2.05) is 36.2 Å². The van der Waals surface area contributed by atoms with E-state index < -0.39 is 5.60 Å². The van der Waals surface area contributed by atoms with Gasteiger partial charge >= 0.3 is 0 Å². The van der Waals surface area contributed by atoms with Crippen molar-refractivity contribution >= 4 is 0 Å². The van der Waals surface area contributed by atoms with E-state index in [0.717, 1.165) is 17.9 Å². The number of hydrogen-bond donors (Lipinski definition) is 2. The summed E-state index contributed by atoms with van der Waals surface area (Å²) in [6.07, 6.45) is 0. The Morgan fingerprint density at radius 3 is 2.61 bits per heavy atom. The Morgan fingerprint density at radius 2 is 2.00 bits per heavy atom. The zero-order valence-electron chi connectivity index (χ0n) is 11.5. The maximum atomic E-state index is 9.69. The normalized spacial score (nSPS) is 11.9. The molecule has 0 amide bonds. The summed E-state index contributed by atoms with van der Waals surface area (Å²) in [4.78, 5) is 2.05. The predicted octanol–water partition coefficient (Wildman–Crippen LogP) is 1.23. The van der Waals surface area contributed by atoms with Gasteiger partial charge < -0.3 is 20.5 Å². The van der Waals surface area contributed by atoms with Crippen LogP contribution in [0.1, 0.15) is 19.4 Å². The second-order valence-electron chi connectivity index (χ2n) is 5.21. The SMILES string of the molecule is CN(CCOc1ccccc1CN)CC(C)(C)O. The molecule has 0 aliphatic carbocycles. The predicted molar refractivity (Wildman–Crippen MR) is 73.6 cm³/mol. The Labute approximate surface area is 109 Å². The van der Waals surface area contributed by atoms with Crippen molar-refractivity contribution in [1.82, 2.24) is 4.90 Å². The molecule has 1 rings (SSSR count). The van der Waals surface area contributed by atoms with Gasteiger partial charge in [0.05, 0.1) is 5.60 Å². The number of likely N-dealkylation sites (N-methyl/N-ethyl adjacent to an activating group) is 1. The average molecular weight is 252 g/mol. The zero-order valence-corrected chi connectivity index (χ0v) is 11.5. The first-order chi connectivity index (χ1) is 8.42. The second kappa shape index (κ2) is 6.73.